The van der Waals surface area contributed by atoms with Crippen molar-refractivity contribution in [2.45, 2.75) is 6.54 Å². The topological polar surface area (TPSA) is 88.9 Å². The van der Waals surface area contributed by atoms with Gasteiger partial charge in [0.1, 0.15) is 21.6 Å². The van der Waals surface area contributed by atoms with Gasteiger partial charge in [-0.3, -0.25) is 4.68 Å². The van der Waals surface area contributed by atoms with E-state index in [1.54, 1.807) is 6.20 Å². The van der Waals surface area contributed by atoms with E-state index >= 15 is 0 Å². The maximum Gasteiger partial charge on any atom is 0.177 e. The fourth-order valence-corrected chi connectivity index (χ4v) is 2.46. The second kappa shape index (κ2) is 5.42. The van der Waals surface area contributed by atoms with Gasteiger partial charge in [0.05, 0.1) is 13.7 Å². The van der Waals surface area contributed by atoms with E-state index in [0.29, 0.717) is 22.9 Å². The molecule has 0 spiro atoms. The molecule has 0 saturated carbocycles. The zero-order chi connectivity index (χ0) is 13.0. The van der Waals surface area contributed by atoms with Crippen molar-refractivity contribution in [2.24, 2.45) is 0 Å². The van der Waals surface area contributed by atoms with Crippen molar-refractivity contribution >= 4 is 22.0 Å². The molecule has 0 radical (unpaired) electrons. The molecule has 0 aliphatic carbocycles. The first kappa shape index (κ1) is 12.3. The first-order valence-electron chi connectivity index (χ1n) is 5.34. The lowest BCUT2D eigenvalue weighted by atomic mass is 10.4. The van der Waals surface area contributed by atoms with Crippen LogP contribution >= 0.6 is 11.3 Å². The molecule has 0 unspecified atom stereocenters. The van der Waals surface area contributed by atoms with Crippen molar-refractivity contribution in [3.05, 3.63) is 23.3 Å². The molecular formula is C11H13N5OS. The third kappa shape index (κ3) is 2.38. The van der Waals surface area contributed by atoms with Gasteiger partial charge in [-0.2, -0.15) is 10.4 Å². The number of rotatable bonds is 5. The van der Waals surface area contributed by atoms with E-state index in [-0.39, 0.29) is 0 Å². The van der Waals surface area contributed by atoms with E-state index in [1.165, 1.54) is 18.4 Å². The van der Waals surface area contributed by atoms with Crippen LogP contribution in [0.2, 0.25) is 0 Å². The van der Waals surface area contributed by atoms with E-state index in [2.05, 4.69) is 16.5 Å². The van der Waals surface area contributed by atoms with Crippen molar-refractivity contribution in [2.75, 3.05) is 24.7 Å². The molecule has 2 heterocycles. The molecule has 0 atom stereocenters. The van der Waals surface area contributed by atoms with Crippen LogP contribution in [0.15, 0.2) is 18.5 Å². The van der Waals surface area contributed by atoms with Crippen LogP contribution in [0.25, 0.3) is 0 Å². The number of nitrogen functional groups attached to an aromatic ring is 1. The molecule has 0 saturated heterocycles. The Morgan fingerprint density at radius 2 is 2.50 bits per heavy atom. The lowest BCUT2D eigenvalue weighted by Crippen LogP contribution is -2.10. The number of ether oxygens (including phenoxy) is 1. The van der Waals surface area contributed by atoms with Gasteiger partial charge in [-0.25, -0.2) is 0 Å². The maximum atomic E-state index is 8.91. The molecule has 2 aromatic rings. The number of nitrogens with zero attached hydrogens (tertiary/aromatic N) is 3. The minimum atomic E-state index is 0.395. The fourth-order valence-electron chi connectivity index (χ4n) is 1.55. The maximum absolute atomic E-state index is 8.91. The number of thiophene rings is 1. The molecule has 0 fully saturated rings. The summed E-state index contributed by atoms with van der Waals surface area (Å²) in [6.07, 6.45) is 3.62. The van der Waals surface area contributed by atoms with Gasteiger partial charge < -0.3 is 15.8 Å². The second-order valence-electron chi connectivity index (χ2n) is 3.51. The molecule has 7 heteroatoms. The highest BCUT2D eigenvalue weighted by Gasteiger charge is 2.15. The molecule has 2 aromatic heterocycles. The smallest absolute Gasteiger partial charge is 0.177 e. The Labute approximate surface area is 109 Å². The standard InChI is InChI=1S/C11H13N5OS/c1-17-10-9(13)8(7-12)18-11(10)14-4-6-16-5-2-3-15-16/h2-3,5,14H,4,6,13H2,1H3. The molecule has 0 aliphatic heterocycles. The first-order valence-corrected chi connectivity index (χ1v) is 6.15. The lowest BCUT2D eigenvalue weighted by molar-refractivity contribution is 0.420. The first-order chi connectivity index (χ1) is 8.76. The van der Waals surface area contributed by atoms with Gasteiger partial charge in [-0.15, -0.1) is 11.3 Å². The zero-order valence-electron chi connectivity index (χ0n) is 9.88. The molecule has 0 amide bonds. The third-order valence-corrected chi connectivity index (χ3v) is 3.44. The summed E-state index contributed by atoms with van der Waals surface area (Å²) >= 11 is 1.30. The van der Waals surface area contributed by atoms with Gasteiger partial charge in [0, 0.05) is 18.9 Å². The van der Waals surface area contributed by atoms with Crippen LogP contribution in [-0.2, 0) is 6.54 Å². The van der Waals surface area contributed by atoms with Crippen molar-refractivity contribution in [3.8, 4) is 11.8 Å². The monoisotopic (exact) mass is 263 g/mol. The van der Waals surface area contributed by atoms with Crippen LogP contribution in [-0.4, -0.2) is 23.4 Å². The summed E-state index contributed by atoms with van der Waals surface area (Å²) in [5, 5.41) is 17.0. The highest BCUT2D eigenvalue weighted by molar-refractivity contribution is 7.17. The van der Waals surface area contributed by atoms with Crippen LogP contribution in [0, 0.1) is 11.3 Å². The average molecular weight is 263 g/mol. The van der Waals surface area contributed by atoms with Crippen molar-refractivity contribution in [1.82, 2.24) is 9.78 Å². The summed E-state index contributed by atoms with van der Waals surface area (Å²) in [7, 11) is 1.54. The minimum absolute atomic E-state index is 0.395. The van der Waals surface area contributed by atoms with Crippen LogP contribution in [0.5, 0.6) is 5.75 Å². The van der Waals surface area contributed by atoms with Crippen LogP contribution in [0.4, 0.5) is 10.7 Å². The quantitative estimate of drug-likeness (QED) is 0.853. The molecule has 3 N–H and O–H groups in total. The predicted molar refractivity (Wildman–Crippen MR) is 70.7 cm³/mol. The number of nitriles is 1. The van der Waals surface area contributed by atoms with Gasteiger partial charge in [-0.05, 0) is 6.07 Å². The Balaban J connectivity index is 2.03. The molecule has 6 nitrogen and oxygen atoms in total. The number of nitrogens with one attached hydrogen (secondary N) is 1. The van der Waals surface area contributed by atoms with Crippen molar-refractivity contribution < 1.29 is 4.74 Å². The van der Waals surface area contributed by atoms with Gasteiger partial charge >= 0.3 is 0 Å². The largest absolute Gasteiger partial charge is 0.492 e. The predicted octanol–water partition coefficient (Wildman–Crippen LogP) is 1.52. The molecule has 94 valence electrons. The normalized spacial score (nSPS) is 10.0. The van der Waals surface area contributed by atoms with E-state index in [9.17, 15) is 0 Å². The molecule has 0 bridgehead atoms. The Hall–Kier alpha value is -2.20. The van der Waals surface area contributed by atoms with Crippen LogP contribution in [0.1, 0.15) is 4.88 Å². The van der Waals surface area contributed by atoms with Gasteiger partial charge in [0.25, 0.3) is 0 Å². The average Bonchev–Trinajstić information content (AvgIpc) is 2.97. The van der Waals surface area contributed by atoms with E-state index < -0.39 is 0 Å². The van der Waals surface area contributed by atoms with Crippen molar-refractivity contribution in [3.63, 3.8) is 0 Å². The SMILES string of the molecule is COc1c(NCCn2cccn2)sc(C#N)c1N. The number of methoxy groups -OCH3 is 1. The van der Waals surface area contributed by atoms with Crippen molar-refractivity contribution in [1.29, 1.82) is 5.26 Å². The fraction of sp³-hybridized carbons (Fsp3) is 0.273. The molecule has 0 aliphatic rings. The molecule has 2 rings (SSSR count). The number of hydrogen-bond donors (Lipinski definition) is 2. The summed E-state index contributed by atoms with van der Waals surface area (Å²) < 4.78 is 7.02. The molecule has 18 heavy (non-hydrogen) atoms. The minimum Gasteiger partial charge on any atom is -0.492 e. The summed E-state index contributed by atoms with van der Waals surface area (Å²) in [5.41, 5.74) is 6.19. The Bertz CT molecular complexity index is 555. The zero-order valence-corrected chi connectivity index (χ0v) is 10.7. The van der Waals surface area contributed by atoms with E-state index in [0.717, 1.165) is 11.5 Å². The molecule has 0 aromatic carbocycles. The van der Waals surface area contributed by atoms with E-state index in [1.807, 2.05) is 16.9 Å². The number of anilines is 2. The Morgan fingerprint density at radius 3 is 3.11 bits per heavy atom. The van der Waals surface area contributed by atoms with E-state index in [4.69, 9.17) is 15.7 Å². The van der Waals surface area contributed by atoms with Gasteiger partial charge in [0.15, 0.2) is 5.75 Å². The number of nitrogens with two attached hydrogens (primary N) is 1. The van der Waals surface area contributed by atoms with Crippen LogP contribution in [0.3, 0.4) is 0 Å². The molecular weight excluding hydrogens is 250 g/mol. The summed E-state index contributed by atoms with van der Waals surface area (Å²) in [6.45, 7) is 1.42. The summed E-state index contributed by atoms with van der Waals surface area (Å²) in [5.74, 6) is 0.539. The summed E-state index contributed by atoms with van der Waals surface area (Å²) in [6, 6.07) is 3.92. The lowest BCUT2D eigenvalue weighted by Gasteiger charge is -2.06. The second-order valence-corrected chi connectivity index (χ2v) is 4.54. The third-order valence-electron chi connectivity index (χ3n) is 2.39. The van der Waals surface area contributed by atoms with Crippen LogP contribution < -0.4 is 15.8 Å². The van der Waals surface area contributed by atoms with Gasteiger partial charge in [-0.1, -0.05) is 0 Å². The van der Waals surface area contributed by atoms with Gasteiger partial charge in [0.2, 0.25) is 0 Å². The number of hydrogen-bond acceptors (Lipinski definition) is 6. The Kier molecular flexibility index (Phi) is 3.69. The highest BCUT2D eigenvalue weighted by Crippen LogP contribution is 2.41. The highest BCUT2D eigenvalue weighted by atomic mass is 32.1. The summed E-state index contributed by atoms with van der Waals surface area (Å²) in [4.78, 5) is 0.466. The number of aromatic nitrogens is 2. The Morgan fingerprint density at radius 1 is 1.67 bits per heavy atom.